The Labute approximate surface area is 120 Å². The fourth-order valence-electron chi connectivity index (χ4n) is 1.59. The van der Waals surface area contributed by atoms with E-state index in [1.54, 1.807) is 0 Å². The quantitative estimate of drug-likeness (QED) is 0.413. The Kier molecular flexibility index (Phi) is 7.76. The molecule has 0 aliphatic carbocycles. The van der Waals surface area contributed by atoms with Crippen molar-refractivity contribution in [2.24, 2.45) is 5.41 Å². The zero-order chi connectivity index (χ0) is 10.7. The minimum atomic E-state index is -3.13. The molecular formula is C9H18NaO3PS. The third-order valence-corrected chi connectivity index (χ3v) is 4.39. The Morgan fingerprint density at radius 1 is 1.33 bits per heavy atom. The molecule has 0 aromatic heterocycles. The molecule has 0 N–H and O–H groups in total. The average molecular weight is 260 g/mol. The molecular weight excluding hydrogens is 242 g/mol. The molecule has 6 heteroatoms. The molecule has 0 aromatic rings. The molecule has 84 valence electrons. The zero-order valence-electron chi connectivity index (χ0n) is 9.82. The van der Waals surface area contributed by atoms with Gasteiger partial charge in [0.15, 0.2) is 6.80 Å². The fourth-order valence-corrected chi connectivity index (χ4v) is 2.84. The van der Waals surface area contributed by atoms with Crippen molar-refractivity contribution in [3.8, 4) is 0 Å². The van der Waals surface area contributed by atoms with Gasteiger partial charge in [-0.25, -0.2) is 0 Å². The van der Waals surface area contributed by atoms with Gasteiger partial charge in [-0.15, -0.1) is 0 Å². The number of unbranched alkanes of at least 4 members (excludes halogenated alkanes) is 1. The maximum atomic E-state index is 11.3. The summed E-state index contributed by atoms with van der Waals surface area (Å²) in [4.78, 5) is 0. The van der Waals surface area contributed by atoms with Gasteiger partial charge in [0.2, 0.25) is 0 Å². The third kappa shape index (κ3) is 5.12. The van der Waals surface area contributed by atoms with Crippen molar-refractivity contribution in [1.82, 2.24) is 0 Å². The zero-order valence-corrected chi connectivity index (χ0v) is 13.5. The SMILES string of the molecule is CCCCC1(CC)COP(=O)([S-])OC1.[Na+]. The van der Waals surface area contributed by atoms with Gasteiger partial charge in [0.05, 0.1) is 13.2 Å². The minimum Gasteiger partial charge on any atom is -0.660 e. The number of rotatable bonds is 4. The molecule has 1 heterocycles. The van der Waals surface area contributed by atoms with Crippen molar-refractivity contribution in [3.63, 3.8) is 0 Å². The Bertz CT molecular complexity index is 225. The van der Waals surface area contributed by atoms with E-state index in [9.17, 15) is 4.57 Å². The summed E-state index contributed by atoms with van der Waals surface area (Å²) in [5.74, 6) is 0. The molecule has 0 atom stereocenters. The summed E-state index contributed by atoms with van der Waals surface area (Å²) in [6.45, 7) is 2.12. The predicted octanol–water partition coefficient (Wildman–Crippen LogP) is 0.279. The van der Waals surface area contributed by atoms with E-state index >= 15 is 0 Å². The van der Waals surface area contributed by atoms with Crippen LogP contribution >= 0.6 is 6.80 Å². The second-order valence-electron chi connectivity index (χ2n) is 3.95. The summed E-state index contributed by atoms with van der Waals surface area (Å²) in [6.07, 6.45) is 4.37. The molecule has 0 bridgehead atoms. The van der Waals surface area contributed by atoms with Crippen LogP contribution in [0.5, 0.6) is 0 Å². The van der Waals surface area contributed by atoms with E-state index in [4.69, 9.17) is 9.05 Å². The van der Waals surface area contributed by atoms with Gasteiger partial charge in [-0.2, -0.15) is 0 Å². The summed E-state index contributed by atoms with van der Waals surface area (Å²) in [7, 11) is 0. The van der Waals surface area contributed by atoms with Crippen LogP contribution in [-0.4, -0.2) is 13.2 Å². The predicted molar refractivity (Wildman–Crippen MR) is 59.1 cm³/mol. The van der Waals surface area contributed by atoms with Crippen LogP contribution in [0.4, 0.5) is 0 Å². The van der Waals surface area contributed by atoms with Crippen LogP contribution in [0.1, 0.15) is 39.5 Å². The Hall–Kier alpha value is 1.50. The molecule has 0 radical (unpaired) electrons. The third-order valence-electron chi connectivity index (χ3n) is 2.87. The van der Waals surface area contributed by atoms with Gasteiger partial charge in [0.1, 0.15) is 0 Å². The van der Waals surface area contributed by atoms with Crippen molar-refractivity contribution >= 4 is 19.0 Å². The molecule has 0 aromatic carbocycles. The van der Waals surface area contributed by atoms with E-state index in [2.05, 4.69) is 26.1 Å². The maximum Gasteiger partial charge on any atom is 1.00 e. The summed E-state index contributed by atoms with van der Waals surface area (Å²) in [5, 5.41) is 0. The van der Waals surface area contributed by atoms with Crippen LogP contribution in [0.15, 0.2) is 0 Å². The van der Waals surface area contributed by atoms with Crippen molar-refractivity contribution in [2.45, 2.75) is 39.5 Å². The minimum absolute atomic E-state index is 0. The Morgan fingerprint density at radius 3 is 2.27 bits per heavy atom. The number of hydrogen-bond donors (Lipinski definition) is 0. The molecule has 1 saturated heterocycles. The normalized spacial score (nSPS) is 35.9. The first kappa shape index (κ1) is 16.5. The first-order chi connectivity index (χ1) is 6.54. The first-order valence-electron chi connectivity index (χ1n) is 5.14. The van der Waals surface area contributed by atoms with E-state index in [0.717, 1.165) is 25.7 Å². The van der Waals surface area contributed by atoms with Crippen molar-refractivity contribution in [1.29, 1.82) is 0 Å². The van der Waals surface area contributed by atoms with E-state index in [1.807, 2.05) is 0 Å². The van der Waals surface area contributed by atoms with Gasteiger partial charge < -0.3 is 21.3 Å². The van der Waals surface area contributed by atoms with Crippen LogP contribution in [0.3, 0.4) is 0 Å². The second-order valence-corrected chi connectivity index (χ2v) is 6.70. The molecule has 1 aliphatic rings. The molecule has 0 saturated carbocycles. The van der Waals surface area contributed by atoms with Gasteiger partial charge >= 0.3 is 29.6 Å². The molecule has 15 heavy (non-hydrogen) atoms. The van der Waals surface area contributed by atoms with Crippen molar-refractivity contribution < 1.29 is 43.2 Å². The standard InChI is InChI=1S/C9H19O3PS.Na/c1-3-5-6-9(4-2)7-11-13(10,14)12-8-9;/h3-8H2,1-2H3,(H,10,14);/q;+1/p-1. The molecule has 3 nitrogen and oxygen atoms in total. The molecule has 0 amide bonds. The summed E-state index contributed by atoms with van der Waals surface area (Å²) in [5.41, 5.74) is 0.0444. The summed E-state index contributed by atoms with van der Waals surface area (Å²) >= 11 is 4.67. The van der Waals surface area contributed by atoms with E-state index in [0.29, 0.717) is 13.2 Å². The summed E-state index contributed by atoms with van der Waals surface area (Å²) in [6, 6.07) is 0. The molecule has 1 aliphatic heterocycles. The first-order valence-corrected chi connectivity index (χ1v) is 7.69. The van der Waals surface area contributed by atoms with Crippen LogP contribution in [0.2, 0.25) is 0 Å². The van der Waals surface area contributed by atoms with Gasteiger partial charge in [-0.3, -0.25) is 4.57 Å². The Morgan fingerprint density at radius 2 is 1.87 bits per heavy atom. The smallest absolute Gasteiger partial charge is 0.660 e. The topological polar surface area (TPSA) is 35.5 Å². The van der Waals surface area contributed by atoms with Gasteiger partial charge in [0.25, 0.3) is 0 Å². The summed E-state index contributed by atoms with van der Waals surface area (Å²) < 4.78 is 21.5. The van der Waals surface area contributed by atoms with Crippen LogP contribution < -0.4 is 29.6 Å². The van der Waals surface area contributed by atoms with E-state index in [-0.39, 0.29) is 35.0 Å². The number of hydrogen-bond acceptors (Lipinski definition) is 4. The molecule has 1 rings (SSSR count). The van der Waals surface area contributed by atoms with Gasteiger partial charge in [-0.1, -0.05) is 26.7 Å². The molecule has 0 unspecified atom stereocenters. The Balaban J connectivity index is 0.00000196. The van der Waals surface area contributed by atoms with E-state index < -0.39 is 6.80 Å². The van der Waals surface area contributed by atoms with Crippen molar-refractivity contribution in [2.75, 3.05) is 13.2 Å². The van der Waals surface area contributed by atoms with Gasteiger partial charge in [-0.05, 0) is 12.8 Å². The monoisotopic (exact) mass is 260 g/mol. The van der Waals surface area contributed by atoms with E-state index in [1.165, 1.54) is 0 Å². The fraction of sp³-hybridized carbons (Fsp3) is 1.00. The second kappa shape index (κ2) is 7.05. The molecule has 1 fully saturated rings. The van der Waals surface area contributed by atoms with Crippen LogP contribution in [0, 0.1) is 5.41 Å². The van der Waals surface area contributed by atoms with Crippen LogP contribution in [0.25, 0.3) is 0 Å². The molecule has 0 spiro atoms. The largest absolute Gasteiger partial charge is 1.00 e. The van der Waals surface area contributed by atoms with Gasteiger partial charge in [0, 0.05) is 5.41 Å². The van der Waals surface area contributed by atoms with Crippen LogP contribution in [-0.2, 0) is 25.9 Å². The maximum absolute atomic E-state index is 11.3. The average Bonchev–Trinajstić information content (AvgIpc) is 2.18. The van der Waals surface area contributed by atoms with Crippen molar-refractivity contribution in [3.05, 3.63) is 0 Å².